The molecule has 0 spiro atoms. The highest BCUT2D eigenvalue weighted by Gasteiger charge is 2.14. The molecule has 0 radical (unpaired) electrons. The van der Waals surface area contributed by atoms with Crippen LogP contribution in [-0.2, 0) is 0 Å². The maximum atomic E-state index is 5.53. The van der Waals surface area contributed by atoms with Gasteiger partial charge in [-0.05, 0) is 18.2 Å². The first-order chi connectivity index (χ1) is 9.19. The van der Waals surface area contributed by atoms with Gasteiger partial charge in [-0.2, -0.15) is 0 Å². The monoisotopic (exact) mass is 261 g/mol. The van der Waals surface area contributed by atoms with Crippen LogP contribution in [-0.4, -0.2) is 31.5 Å². The van der Waals surface area contributed by atoms with Crippen molar-refractivity contribution in [3.63, 3.8) is 0 Å². The Balaban J connectivity index is 2.57. The van der Waals surface area contributed by atoms with Crippen molar-refractivity contribution in [3.05, 3.63) is 24.3 Å². The first-order valence-corrected chi connectivity index (χ1v) is 5.59. The van der Waals surface area contributed by atoms with Crippen molar-refractivity contribution < 1.29 is 14.2 Å². The highest BCUT2D eigenvalue weighted by Crippen LogP contribution is 2.39. The Morgan fingerprint density at radius 1 is 0.842 bits per heavy atom. The van der Waals surface area contributed by atoms with E-state index in [4.69, 9.17) is 19.9 Å². The molecule has 0 fully saturated rings. The van der Waals surface area contributed by atoms with E-state index >= 15 is 0 Å². The van der Waals surface area contributed by atoms with Crippen molar-refractivity contribution in [2.75, 3.05) is 27.1 Å². The van der Waals surface area contributed by atoms with Crippen molar-refractivity contribution in [2.24, 2.45) is 0 Å². The van der Waals surface area contributed by atoms with Gasteiger partial charge >= 0.3 is 0 Å². The second kappa shape index (κ2) is 5.43. The van der Waals surface area contributed by atoms with Crippen LogP contribution in [0.4, 0.5) is 5.82 Å². The van der Waals surface area contributed by atoms with Crippen LogP contribution in [0.25, 0.3) is 11.3 Å². The lowest BCUT2D eigenvalue weighted by atomic mass is 10.1. The third kappa shape index (κ3) is 2.52. The standard InChI is InChI=1S/C13H15N3O3/c1-17-10-7-12(19-3)11(18-2)6-8(10)9-4-5-13(14)16-15-9/h4-7H,1-3H3,(H2,14,16). The fourth-order valence-electron chi connectivity index (χ4n) is 1.72. The lowest BCUT2D eigenvalue weighted by Gasteiger charge is -2.13. The molecule has 100 valence electrons. The number of ether oxygens (including phenoxy) is 3. The Morgan fingerprint density at radius 2 is 1.47 bits per heavy atom. The molecule has 19 heavy (non-hydrogen) atoms. The predicted molar refractivity (Wildman–Crippen MR) is 71.5 cm³/mol. The van der Waals surface area contributed by atoms with Gasteiger partial charge in [-0.3, -0.25) is 0 Å². The predicted octanol–water partition coefficient (Wildman–Crippen LogP) is 1.75. The quantitative estimate of drug-likeness (QED) is 0.903. The van der Waals surface area contributed by atoms with E-state index in [9.17, 15) is 0 Å². The topological polar surface area (TPSA) is 79.5 Å². The number of rotatable bonds is 4. The lowest BCUT2D eigenvalue weighted by molar-refractivity contribution is 0.349. The summed E-state index contributed by atoms with van der Waals surface area (Å²) in [5.41, 5.74) is 6.93. The highest BCUT2D eigenvalue weighted by atomic mass is 16.5. The van der Waals surface area contributed by atoms with Gasteiger partial charge in [0.15, 0.2) is 11.5 Å². The van der Waals surface area contributed by atoms with E-state index in [0.717, 1.165) is 5.56 Å². The molecule has 1 aromatic heterocycles. The summed E-state index contributed by atoms with van der Waals surface area (Å²) in [6.07, 6.45) is 0. The Bertz CT molecular complexity index is 570. The molecule has 0 amide bonds. The summed E-state index contributed by atoms with van der Waals surface area (Å²) in [6.45, 7) is 0. The number of anilines is 1. The number of nitrogens with zero attached hydrogens (tertiary/aromatic N) is 2. The van der Waals surface area contributed by atoms with Crippen LogP contribution in [0.5, 0.6) is 17.2 Å². The summed E-state index contributed by atoms with van der Waals surface area (Å²) >= 11 is 0. The molecule has 0 aliphatic rings. The van der Waals surface area contributed by atoms with E-state index in [0.29, 0.717) is 28.8 Å². The van der Waals surface area contributed by atoms with E-state index in [1.54, 1.807) is 45.6 Å². The molecule has 2 aromatic rings. The molecule has 1 heterocycles. The summed E-state index contributed by atoms with van der Waals surface area (Å²) in [7, 11) is 4.72. The smallest absolute Gasteiger partial charge is 0.164 e. The maximum absolute atomic E-state index is 5.53. The van der Waals surface area contributed by atoms with Gasteiger partial charge in [-0.25, -0.2) is 0 Å². The summed E-state index contributed by atoms with van der Waals surface area (Å²) in [5.74, 6) is 2.17. The normalized spacial score (nSPS) is 10.1. The first-order valence-electron chi connectivity index (χ1n) is 5.59. The average molecular weight is 261 g/mol. The van der Waals surface area contributed by atoms with Gasteiger partial charge in [0.05, 0.1) is 27.0 Å². The number of hydrogen-bond acceptors (Lipinski definition) is 6. The van der Waals surface area contributed by atoms with Gasteiger partial charge in [0.2, 0.25) is 0 Å². The Morgan fingerprint density at radius 3 is 2.00 bits per heavy atom. The maximum Gasteiger partial charge on any atom is 0.164 e. The highest BCUT2D eigenvalue weighted by molar-refractivity contribution is 5.71. The number of nitrogen functional groups attached to an aromatic ring is 1. The zero-order valence-corrected chi connectivity index (χ0v) is 11.0. The second-order valence-corrected chi connectivity index (χ2v) is 3.75. The first kappa shape index (κ1) is 12.9. The van der Waals surface area contributed by atoms with Crippen LogP contribution in [0.2, 0.25) is 0 Å². The van der Waals surface area contributed by atoms with E-state index in [1.807, 2.05) is 0 Å². The van der Waals surface area contributed by atoms with Gasteiger partial charge in [0, 0.05) is 11.6 Å². The zero-order valence-electron chi connectivity index (χ0n) is 11.0. The second-order valence-electron chi connectivity index (χ2n) is 3.75. The Hall–Kier alpha value is -2.50. The van der Waals surface area contributed by atoms with Gasteiger partial charge in [0.1, 0.15) is 11.6 Å². The van der Waals surface area contributed by atoms with Crippen molar-refractivity contribution in [1.82, 2.24) is 10.2 Å². The fraction of sp³-hybridized carbons (Fsp3) is 0.231. The third-order valence-electron chi connectivity index (χ3n) is 2.67. The van der Waals surface area contributed by atoms with Crippen LogP contribution in [0.3, 0.4) is 0 Å². The van der Waals surface area contributed by atoms with Crippen LogP contribution in [0, 0.1) is 0 Å². The van der Waals surface area contributed by atoms with Crippen molar-refractivity contribution in [1.29, 1.82) is 0 Å². The van der Waals surface area contributed by atoms with Crippen molar-refractivity contribution in [3.8, 4) is 28.5 Å². The van der Waals surface area contributed by atoms with E-state index in [1.165, 1.54) is 0 Å². The molecule has 6 heteroatoms. The van der Waals surface area contributed by atoms with Crippen molar-refractivity contribution in [2.45, 2.75) is 0 Å². The molecule has 6 nitrogen and oxygen atoms in total. The molecule has 0 saturated carbocycles. The molecule has 0 saturated heterocycles. The van der Waals surface area contributed by atoms with Gasteiger partial charge in [-0.15, -0.1) is 10.2 Å². The molecular formula is C13H15N3O3. The van der Waals surface area contributed by atoms with Crippen LogP contribution in [0.15, 0.2) is 24.3 Å². The number of benzene rings is 1. The molecular weight excluding hydrogens is 246 g/mol. The van der Waals surface area contributed by atoms with Crippen molar-refractivity contribution >= 4 is 5.82 Å². The Kier molecular flexibility index (Phi) is 3.70. The number of aromatic nitrogens is 2. The SMILES string of the molecule is COc1cc(OC)c(-c2ccc(N)nn2)cc1OC. The molecule has 0 bridgehead atoms. The molecule has 0 aliphatic carbocycles. The van der Waals surface area contributed by atoms with E-state index in [2.05, 4.69) is 10.2 Å². The minimum absolute atomic E-state index is 0.364. The minimum atomic E-state index is 0.364. The van der Waals surface area contributed by atoms with Crippen LogP contribution in [0.1, 0.15) is 0 Å². The fourth-order valence-corrected chi connectivity index (χ4v) is 1.72. The summed E-state index contributed by atoms with van der Waals surface area (Å²) in [5, 5.41) is 7.87. The molecule has 0 aliphatic heterocycles. The minimum Gasteiger partial charge on any atom is -0.496 e. The average Bonchev–Trinajstić information content (AvgIpc) is 2.46. The molecule has 1 aromatic carbocycles. The number of hydrogen-bond donors (Lipinski definition) is 1. The zero-order chi connectivity index (χ0) is 13.8. The van der Waals surface area contributed by atoms with Gasteiger partial charge in [-0.1, -0.05) is 0 Å². The van der Waals surface area contributed by atoms with E-state index in [-0.39, 0.29) is 0 Å². The number of methoxy groups -OCH3 is 3. The Labute approximate surface area is 111 Å². The van der Waals surface area contributed by atoms with Gasteiger partial charge < -0.3 is 19.9 Å². The third-order valence-corrected chi connectivity index (χ3v) is 2.67. The summed E-state index contributed by atoms with van der Waals surface area (Å²) < 4.78 is 15.8. The molecule has 2 N–H and O–H groups in total. The molecule has 0 atom stereocenters. The summed E-state index contributed by atoms with van der Waals surface area (Å²) in [6, 6.07) is 6.98. The van der Waals surface area contributed by atoms with Gasteiger partial charge in [0.25, 0.3) is 0 Å². The molecule has 2 rings (SSSR count). The van der Waals surface area contributed by atoms with Crippen LogP contribution < -0.4 is 19.9 Å². The lowest BCUT2D eigenvalue weighted by Crippen LogP contribution is -1.98. The summed E-state index contributed by atoms with van der Waals surface area (Å²) in [4.78, 5) is 0. The largest absolute Gasteiger partial charge is 0.496 e. The molecule has 0 unspecified atom stereocenters. The van der Waals surface area contributed by atoms with E-state index < -0.39 is 0 Å². The van der Waals surface area contributed by atoms with Crippen LogP contribution >= 0.6 is 0 Å². The number of nitrogens with two attached hydrogens (primary N) is 1.